The fraction of sp³-hybridized carbons (Fsp3) is 0.739. The normalized spacial score (nSPS) is 31.4. The van der Waals surface area contributed by atoms with Crippen LogP contribution in [0.4, 0.5) is 0 Å². The number of benzene rings is 1. The van der Waals surface area contributed by atoms with Crippen LogP contribution in [0.3, 0.4) is 0 Å². The molecule has 4 atom stereocenters. The van der Waals surface area contributed by atoms with Crippen molar-refractivity contribution in [1.29, 1.82) is 0 Å². The maximum absolute atomic E-state index is 9.89. The summed E-state index contributed by atoms with van der Waals surface area (Å²) in [6.45, 7) is 7.30. The van der Waals surface area contributed by atoms with Gasteiger partial charge in [-0.05, 0) is 57.7 Å². The minimum atomic E-state index is -0.0457. The fourth-order valence-electron chi connectivity index (χ4n) is 5.44. The summed E-state index contributed by atoms with van der Waals surface area (Å²) in [5.74, 6) is 2.51. The van der Waals surface area contributed by atoms with Crippen LogP contribution in [-0.4, -0.2) is 85.4 Å². The molecule has 1 N–H and O–H groups in total. The minimum Gasteiger partial charge on any atom is -0.492 e. The van der Waals surface area contributed by atoms with Crippen LogP contribution < -0.4 is 4.74 Å². The summed E-state index contributed by atoms with van der Waals surface area (Å²) in [5.41, 5.74) is 1.29. The Morgan fingerprint density at radius 1 is 1.04 bits per heavy atom. The van der Waals surface area contributed by atoms with E-state index in [0.717, 1.165) is 76.3 Å². The monoisotopic (exact) mass is 387 g/mol. The number of fused-ring (bicyclic) bond motifs is 1. The first-order chi connectivity index (χ1) is 13.6. The molecular formula is C23H37N3O2. The van der Waals surface area contributed by atoms with E-state index in [1.165, 1.54) is 18.4 Å². The molecule has 1 aromatic rings. The second-order valence-corrected chi connectivity index (χ2v) is 9.29. The first-order valence-electron chi connectivity index (χ1n) is 11.1. The number of likely N-dealkylation sites (N-methyl/N-ethyl adjacent to an activating group) is 1. The molecule has 0 amide bonds. The standard InChI is InChI=1S/C23H37N3O2/c1-24-7-9-26(10-8-24)11-12-28-23-6-4-3-5-18(23)17-25(2)21-13-19-15-22(27)16-20(19)14-21/h3-6,19-22,27H,7-17H2,1-2H3/t19-,20+,21?,22?. The molecule has 1 heterocycles. The van der Waals surface area contributed by atoms with E-state index in [1.54, 1.807) is 0 Å². The summed E-state index contributed by atoms with van der Waals surface area (Å²) in [6, 6.07) is 9.17. The zero-order valence-electron chi connectivity index (χ0n) is 17.6. The van der Waals surface area contributed by atoms with Crippen molar-refractivity contribution in [2.45, 2.75) is 44.4 Å². The van der Waals surface area contributed by atoms with Crippen LogP contribution in [-0.2, 0) is 6.54 Å². The number of piperazine rings is 1. The Labute approximate surface area is 170 Å². The SMILES string of the molecule is CN1CCN(CCOc2ccccc2CN(C)C2C[C@H]3CC(O)C[C@H]3C2)CC1. The van der Waals surface area contributed by atoms with E-state index in [1.807, 2.05) is 0 Å². The van der Waals surface area contributed by atoms with Crippen molar-refractivity contribution in [3.05, 3.63) is 29.8 Å². The predicted octanol–water partition coefficient (Wildman–Crippen LogP) is 2.29. The third-order valence-electron chi connectivity index (χ3n) is 7.24. The lowest BCUT2D eigenvalue weighted by Crippen LogP contribution is -2.45. The summed E-state index contributed by atoms with van der Waals surface area (Å²) < 4.78 is 6.20. The molecule has 1 saturated heterocycles. The highest BCUT2D eigenvalue weighted by Crippen LogP contribution is 2.45. The van der Waals surface area contributed by atoms with E-state index in [-0.39, 0.29) is 6.10 Å². The molecule has 0 aromatic heterocycles. The average molecular weight is 388 g/mol. The molecule has 1 aliphatic heterocycles. The Hall–Kier alpha value is -1.14. The van der Waals surface area contributed by atoms with Crippen LogP contribution >= 0.6 is 0 Å². The Bertz CT molecular complexity index is 618. The van der Waals surface area contributed by atoms with Crippen molar-refractivity contribution in [3.63, 3.8) is 0 Å². The van der Waals surface area contributed by atoms with Crippen molar-refractivity contribution < 1.29 is 9.84 Å². The molecule has 156 valence electrons. The van der Waals surface area contributed by atoms with E-state index in [2.05, 4.69) is 53.1 Å². The Morgan fingerprint density at radius 2 is 1.71 bits per heavy atom. The van der Waals surface area contributed by atoms with Gasteiger partial charge in [-0.15, -0.1) is 0 Å². The molecule has 3 aliphatic rings. The molecule has 2 saturated carbocycles. The van der Waals surface area contributed by atoms with Crippen LogP contribution in [0.1, 0.15) is 31.2 Å². The second-order valence-electron chi connectivity index (χ2n) is 9.29. The number of rotatable bonds is 7. The van der Waals surface area contributed by atoms with Gasteiger partial charge in [0.1, 0.15) is 12.4 Å². The lowest BCUT2D eigenvalue weighted by Gasteiger charge is -2.32. The van der Waals surface area contributed by atoms with Gasteiger partial charge in [0.25, 0.3) is 0 Å². The van der Waals surface area contributed by atoms with E-state index < -0.39 is 0 Å². The molecular weight excluding hydrogens is 350 g/mol. The number of aliphatic hydroxyl groups excluding tert-OH is 1. The molecule has 0 bridgehead atoms. The van der Waals surface area contributed by atoms with Crippen molar-refractivity contribution in [1.82, 2.24) is 14.7 Å². The largest absolute Gasteiger partial charge is 0.492 e. The topological polar surface area (TPSA) is 39.2 Å². The van der Waals surface area contributed by atoms with Gasteiger partial charge in [-0.1, -0.05) is 18.2 Å². The van der Waals surface area contributed by atoms with Gasteiger partial charge in [-0.25, -0.2) is 0 Å². The molecule has 0 spiro atoms. The Kier molecular flexibility index (Phi) is 6.56. The number of aliphatic hydroxyl groups is 1. The Balaban J connectivity index is 1.27. The minimum absolute atomic E-state index is 0.0457. The smallest absolute Gasteiger partial charge is 0.123 e. The van der Waals surface area contributed by atoms with Gasteiger partial charge < -0.3 is 14.7 Å². The Morgan fingerprint density at radius 3 is 2.43 bits per heavy atom. The summed E-state index contributed by atoms with van der Waals surface area (Å²) in [4.78, 5) is 7.40. The van der Waals surface area contributed by atoms with Gasteiger partial charge >= 0.3 is 0 Å². The third kappa shape index (κ3) is 4.88. The third-order valence-corrected chi connectivity index (χ3v) is 7.24. The van der Waals surface area contributed by atoms with Gasteiger partial charge in [-0.3, -0.25) is 9.80 Å². The zero-order valence-corrected chi connectivity index (χ0v) is 17.6. The van der Waals surface area contributed by atoms with Crippen LogP contribution in [0.5, 0.6) is 5.75 Å². The van der Waals surface area contributed by atoms with E-state index in [9.17, 15) is 5.11 Å². The number of ether oxygens (including phenoxy) is 1. The van der Waals surface area contributed by atoms with Crippen molar-refractivity contribution in [2.75, 3.05) is 53.4 Å². The van der Waals surface area contributed by atoms with E-state index in [0.29, 0.717) is 6.04 Å². The molecule has 0 radical (unpaired) electrons. The lowest BCUT2D eigenvalue weighted by atomic mass is 10.0. The molecule has 1 aromatic carbocycles. The summed E-state index contributed by atoms with van der Waals surface area (Å²) >= 11 is 0. The fourth-order valence-corrected chi connectivity index (χ4v) is 5.44. The molecule has 28 heavy (non-hydrogen) atoms. The van der Waals surface area contributed by atoms with Crippen molar-refractivity contribution >= 4 is 0 Å². The van der Waals surface area contributed by atoms with Crippen LogP contribution in [0.15, 0.2) is 24.3 Å². The highest BCUT2D eigenvalue weighted by molar-refractivity contribution is 5.33. The van der Waals surface area contributed by atoms with Crippen molar-refractivity contribution in [2.24, 2.45) is 11.8 Å². The number of hydrogen-bond acceptors (Lipinski definition) is 5. The maximum atomic E-state index is 9.89. The van der Waals surface area contributed by atoms with Gasteiger partial charge in [0.15, 0.2) is 0 Å². The number of hydrogen-bond donors (Lipinski definition) is 1. The first-order valence-corrected chi connectivity index (χ1v) is 11.1. The van der Waals surface area contributed by atoms with Gasteiger partial charge in [0, 0.05) is 50.9 Å². The maximum Gasteiger partial charge on any atom is 0.123 e. The molecule has 2 aliphatic carbocycles. The molecule has 3 fully saturated rings. The molecule has 5 heteroatoms. The number of para-hydroxylation sites is 1. The quantitative estimate of drug-likeness (QED) is 0.777. The number of nitrogens with zero attached hydrogens (tertiary/aromatic N) is 3. The van der Waals surface area contributed by atoms with Crippen LogP contribution in [0.2, 0.25) is 0 Å². The van der Waals surface area contributed by atoms with Gasteiger partial charge in [-0.2, -0.15) is 0 Å². The molecule has 5 nitrogen and oxygen atoms in total. The van der Waals surface area contributed by atoms with Crippen LogP contribution in [0, 0.1) is 11.8 Å². The second kappa shape index (κ2) is 9.12. The summed E-state index contributed by atoms with van der Waals surface area (Å²) in [6.07, 6.45) is 4.47. The summed E-state index contributed by atoms with van der Waals surface area (Å²) in [5, 5.41) is 9.89. The average Bonchev–Trinajstić information content (AvgIpc) is 3.22. The summed E-state index contributed by atoms with van der Waals surface area (Å²) in [7, 11) is 4.45. The van der Waals surface area contributed by atoms with E-state index >= 15 is 0 Å². The van der Waals surface area contributed by atoms with Gasteiger partial charge in [0.2, 0.25) is 0 Å². The molecule has 2 unspecified atom stereocenters. The predicted molar refractivity (Wildman–Crippen MR) is 113 cm³/mol. The highest BCUT2D eigenvalue weighted by Gasteiger charge is 2.42. The lowest BCUT2D eigenvalue weighted by molar-refractivity contribution is 0.132. The molecule has 4 rings (SSSR count). The first kappa shape index (κ1) is 20.1. The van der Waals surface area contributed by atoms with Crippen LogP contribution in [0.25, 0.3) is 0 Å². The van der Waals surface area contributed by atoms with Gasteiger partial charge in [0.05, 0.1) is 6.10 Å². The highest BCUT2D eigenvalue weighted by atomic mass is 16.5. The van der Waals surface area contributed by atoms with Crippen molar-refractivity contribution in [3.8, 4) is 5.75 Å². The zero-order chi connectivity index (χ0) is 19.5. The van der Waals surface area contributed by atoms with E-state index in [4.69, 9.17) is 4.74 Å².